The van der Waals surface area contributed by atoms with Crippen molar-refractivity contribution in [2.75, 3.05) is 7.11 Å². The normalized spacial score (nSPS) is 19.1. The molecule has 1 unspecified atom stereocenters. The second-order valence-corrected chi connectivity index (χ2v) is 6.40. The van der Waals surface area contributed by atoms with Crippen molar-refractivity contribution in [2.45, 2.75) is 46.0 Å². The molecule has 1 aromatic carbocycles. The first-order chi connectivity index (χ1) is 13.2. The molecular weight excluding hydrogens is 364 g/mol. The Morgan fingerprint density at radius 1 is 1.21 bits per heavy atom. The van der Waals surface area contributed by atoms with Crippen molar-refractivity contribution in [3.8, 4) is 5.75 Å². The number of fused-ring (bicyclic) bond motifs is 1. The molecule has 0 N–H and O–H groups in total. The monoisotopic (exact) mass is 388 g/mol. The molecule has 1 aromatic rings. The zero-order valence-electron chi connectivity index (χ0n) is 16.6. The van der Waals surface area contributed by atoms with Gasteiger partial charge in [0.25, 0.3) is 0 Å². The summed E-state index contributed by atoms with van der Waals surface area (Å²) >= 11 is 0. The Balaban J connectivity index is 2.33. The SMILES string of the molecule is C=C(C(=O)OC)[C@@H]1Oc2ccc(C(C)OC(=O)/C(C)=C\C)cc2[C@@H]1OC(C)=O. The number of hydrogen-bond donors (Lipinski definition) is 0. The van der Waals surface area contributed by atoms with Crippen LogP contribution in [-0.2, 0) is 28.6 Å². The summed E-state index contributed by atoms with van der Waals surface area (Å²) < 4.78 is 21.3. The molecule has 0 bridgehead atoms. The van der Waals surface area contributed by atoms with Gasteiger partial charge in [0.1, 0.15) is 11.9 Å². The molecule has 2 rings (SSSR count). The first-order valence-electron chi connectivity index (χ1n) is 8.78. The number of ether oxygens (including phenoxy) is 4. The van der Waals surface area contributed by atoms with E-state index in [0.29, 0.717) is 22.4 Å². The molecule has 7 heteroatoms. The molecule has 0 aromatic heterocycles. The number of benzene rings is 1. The fraction of sp³-hybridized carbons (Fsp3) is 0.381. The molecule has 7 nitrogen and oxygen atoms in total. The summed E-state index contributed by atoms with van der Waals surface area (Å²) in [6.45, 7) is 10.1. The molecule has 0 saturated carbocycles. The minimum Gasteiger partial charge on any atom is -0.481 e. The lowest BCUT2D eigenvalue weighted by Gasteiger charge is -2.20. The Morgan fingerprint density at radius 2 is 1.89 bits per heavy atom. The van der Waals surface area contributed by atoms with E-state index >= 15 is 0 Å². The second-order valence-electron chi connectivity index (χ2n) is 6.40. The Labute approximate surface area is 163 Å². The van der Waals surface area contributed by atoms with Crippen LogP contribution in [0.1, 0.15) is 51.0 Å². The maximum Gasteiger partial charge on any atom is 0.337 e. The van der Waals surface area contributed by atoms with Crippen LogP contribution in [0.2, 0.25) is 0 Å². The minimum absolute atomic E-state index is 0.0367. The number of rotatable bonds is 6. The molecule has 0 fully saturated rings. The zero-order chi connectivity index (χ0) is 21.0. The summed E-state index contributed by atoms with van der Waals surface area (Å²) in [5.41, 5.74) is 1.80. The van der Waals surface area contributed by atoms with Gasteiger partial charge in [0.2, 0.25) is 0 Å². The van der Waals surface area contributed by atoms with Gasteiger partial charge in [-0.2, -0.15) is 0 Å². The van der Waals surface area contributed by atoms with E-state index in [1.54, 1.807) is 45.0 Å². The maximum atomic E-state index is 12.0. The minimum atomic E-state index is -0.898. The van der Waals surface area contributed by atoms with Crippen LogP contribution < -0.4 is 4.74 Å². The number of allylic oxidation sites excluding steroid dienone is 1. The van der Waals surface area contributed by atoms with Gasteiger partial charge in [-0.1, -0.05) is 18.7 Å². The van der Waals surface area contributed by atoms with Gasteiger partial charge >= 0.3 is 17.9 Å². The van der Waals surface area contributed by atoms with Gasteiger partial charge in [0.05, 0.1) is 12.7 Å². The van der Waals surface area contributed by atoms with E-state index in [0.717, 1.165) is 0 Å². The van der Waals surface area contributed by atoms with Gasteiger partial charge in [-0.3, -0.25) is 4.79 Å². The van der Waals surface area contributed by atoms with E-state index < -0.39 is 36.2 Å². The van der Waals surface area contributed by atoms with Crippen LogP contribution in [0.15, 0.2) is 42.0 Å². The third kappa shape index (κ3) is 4.42. The lowest BCUT2D eigenvalue weighted by Crippen LogP contribution is -2.28. The number of carbonyl (C=O) groups is 3. The predicted octanol–water partition coefficient (Wildman–Crippen LogP) is 3.35. The summed E-state index contributed by atoms with van der Waals surface area (Å²) in [4.78, 5) is 35.5. The molecule has 0 aliphatic carbocycles. The molecular formula is C21H24O7. The van der Waals surface area contributed by atoms with E-state index in [-0.39, 0.29) is 5.57 Å². The van der Waals surface area contributed by atoms with Crippen molar-refractivity contribution >= 4 is 17.9 Å². The summed E-state index contributed by atoms with van der Waals surface area (Å²) in [5, 5.41) is 0. The lowest BCUT2D eigenvalue weighted by atomic mass is 9.98. The Hall–Kier alpha value is -3.09. The highest BCUT2D eigenvalue weighted by Gasteiger charge is 2.41. The van der Waals surface area contributed by atoms with Crippen molar-refractivity contribution < 1.29 is 33.3 Å². The standard InChI is InChI=1S/C21H24O7/c1-7-11(2)20(23)26-13(4)15-8-9-17-16(10-15)19(27-14(5)22)18(28-17)12(3)21(24)25-6/h7-10,13,18-19H,3H2,1-2,4-6H3/b11-7-/t13?,18-,19-/m0/s1. The predicted molar refractivity (Wildman–Crippen MR) is 100 cm³/mol. The Bertz CT molecular complexity index is 837. The molecule has 150 valence electrons. The quantitative estimate of drug-likeness (QED) is 0.419. The van der Waals surface area contributed by atoms with Gasteiger partial charge in [-0.05, 0) is 38.5 Å². The van der Waals surface area contributed by atoms with Gasteiger partial charge in [0, 0.05) is 18.1 Å². The van der Waals surface area contributed by atoms with Crippen molar-refractivity contribution in [1.29, 1.82) is 0 Å². The lowest BCUT2D eigenvalue weighted by molar-refractivity contribution is -0.150. The van der Waals surface area contributed by atoms with E-state index in [4.69, 9.17) is 18.9 Å². The van der Waals surface area contributed by atoms with Crippen LogP contribution >= 0.6 is 0 Å². The molecule has 0 radical (unpaired) electrons. The number of esters is 3. The van der Waals surface area contributed by atoms with Gasteiger partial charge in [0.15, 0.2) is 12.2 Å². The van der Waals surface area contributed by atoms with E-state index in [9.17, 15) is 14.4 Å². The summed E-state index contributed by atoms with van der Waals surface area (Å²) in [5.74, 6) is -1.15. The van der Waals surface area contributed by atoms with E-state index in [2.05, 4.69) is 6.58 Å². The highest BCUT2D eigenvalue weighted by atomic mass is 16.6. The average Bonchev–Trinajstić information content (AvgIpc) is 3.02. The van der Waals surface area contributed by atoms with Crippen molar-refractivity contribution in [3.05, 3.63) is 53.1 Å². The summed E-state index contributed by atoms with van der Waals surface area (Å²) in [6, 6.07) is 5.16. The van der Waals surface area contributed by atoms with Crippen molar-refractivity contribution in [3.63, 3.8) is 0 Å². The topological polar surface area (TPSA) is 88.1 Å². The smallest absolute Gasteiger partial charge is 0.337 e. The van der Waals surface area contributed by atoms with E-state index in [1.165, 1.54) is 14.0 Å². The molecule has 28 heavy (non-hydrogen) atoms. The molecule has 1 heterocycles. The zero-order valence-corrected chi connectivity index (χ0v) is 16.6. The number of methoxy groups -OCH3 is 1. The van der Waals surface area contributed by atoms with Crippen LogP contribution in [0, 0.1) is 0 Å². The highest BCUT2D eigenvalue weighted by Crippen LogP contribution is 2.43. The van der Waals surface area contributed by atoms with Crippen LogP contribution in [0.3, 0.4) is 0 Å². The van der Waals surface area contributed by atoms with Crippen LogP contribution in [0.5, 0.6) is 5.75 Å². The van der Waals surface area contributed by atoms with Crippen LogP contribution in [0.4, 0.5) is 0 Å². The molecule has 1 aliphatic heterocycles. The van der Waals surface area contributed by atoms with Gasteiger partial charge in [-0.15, -0.1) is 0 Å². The maximum absolute atomic E-state index is 12.0. The molecule has 3 atom stereocenters. The number of hydrogen-bond acceptors (Lipinski definition) is 7. The van der Waals surface area contributed by atoms with Crippen molar-refractivity contribution in [2.24, 2.45) is 0 Å². The van der Waals surface area contributed by atoms with Gasteiger partial charge < -0.3 is 18.9 Å². The Morgan fingerprint density at radius 3 is 2.46 bits per heavy atom. The molecule has 0 spiro atoms. The first kappa shape index (κ1) is 21.2. The average molecular weight is 388 g/mol. The van der Waals surface area contributed by atoms with Crippen LogP contribution in [-0.4, -0.2) is 31.1 Å². The summed E-state index contributed by atoms with van der Waals surface area (Å²) in [7, 11) is 1.23. The molecule has 0 saturated heterocycles. The van der Waals surface area contributed by atoms with Crippen LogP contribution in [0.25, 0.3) is 0 Å². The number of carbonyl (C=O) groups excluding carboxylic acids is 3. The largest absolute Gasteiger partial charge is 0.481 e. The first-order valence-corrected chi connectivity index (χ1v) is 8.78. The second kappa shape index (κ2) is 8.73. The molecule has 0 amide bonds. The fourth-order valence-corrected chi connectivity index (χ4v) is 2.76. The van der Waals surface area contributed by atoms with Gasteiger partial charge in [-0.25, -0.2) is 9.59 Å². The Kier molecular flexibility index (Phi) is 6.62. The fourth-order valence-electron chi connectivity index (χ4n) is 2.76. The van der Waals surface area contributed by atoms with E-state index in [1.807, 2.05) is 0 Å². The highest BCUT2D eigenvalue weighted by molar-refractivity contribution is 5.89. The van der Waals surface area contributed by atoms with Crippen molar-refractivity contribution in [1.82, 2.24) is 0 Å². The third-order valence-electron chi connectivity index (χ3n) is 4.46. The third-order valence-corrected chi connectivity index (χ3v) is 4.46. The summed E-state index contributed by atoms with van der Waals surface area (Å²) in [6.07, 6.45) is -0.622. The molecule has 1 aliphatic rings.